The van der Waals surface area contributed by atoms with E-state index in [2.05, 4.69) is 0 Å². The van der Waals surface area contributed by atoms with Crippen LogP contribution in [0.4, 0.5) is 0 Å². The lowest BCUT2D eigenvalue weighted by molar-refractivity contribution is -0.132. The van der Waals surface area contributed by atoms with Crippen LogP contribution < -0.4 is 0 Å². The van der Waals surface area contributed by atoms with Gasteiger partial charge in [0.25, 0.3) is 5.91 Å². The average molecular weight is 458 g/mol. The monoisotopic (exact) mass is 457 g/mol. The van der Waals surface area contributed by atoms with E-state index >= 15 is 0 Å². The lowest BCUT2D eigenvalue weighted by Gasteiger charge is -2.27. The van der Waals surface area contributed by atoms with Crippen LogP contribution in [0, 0.1) is 0 Å². The van der Waals surface area contributed by atoms with Crippen molar-refractivity contribution in [3.8, 4) is 0 Å². The Morgan fingerprint density at radius 3 is 2.52 bits per heavy atom. The average Bonchev–Trinajstić information content (AvgIpc) is 3.26. The van der Waals surface area contributed by atoms with Crippen LogP contribution in [0.2, 0.25) is 5.02 Å². The zero-order valence-electron chi connectivity index (χ0n) is 16.5. The molecule has 0 N–H and O–H groups in total. The first-order valence-electron chi connectivity index (χ1n) is 9.65. The second-order valence-electron chi connectivity index (χ2n) is 7.06. The van der Waals surface area contributed by atoms with Crippen LogP contribution in [0.15, 0.2) is 83.2 Å². The molecule has 31 heavy (non-hydrogen) atoms. The van der Waals surface area contributed by atoms with E-state index < -0.39 is 15.7 Å². The summed E-state index contributed by atoms with van der Waals surface area (Å²) in [6.07, 6.45) is 1.52. The number of hydrogen-bond acceptors (Lipinski definition) is 5. The minimum absolute atomic E-state index is 0.0779. The van der Waals surface area contributed by atoms with Crippen LogP contribution in [-0.2, 0) is 32.5 Å². The van der Waals surface area contributed by atoms with Crippen molar-refractivity contribution >= 4 is 32.3 Å². The fraction of sp³-hybridized carbons (Fsp3) is 0.174. The lowest BCUT2D eigenvalue weighted by atomic mass is 10.1. The Kier molecular flexibility index (Phi) is 6.15. The van der Waals surface area contributed by atoms with E-state index in [9.17, 15) is 13.2 Å². The number of hydrogen-bond donors (Lipinski definition) is 0. The van der Waals surface area contributed by atoms with Crippen LogP contribution in [0.25, 0.3) is 4.91 Å². The second kappa shape index (κ2) is 8.99. The molecule has 0 aliphatic carbocycles. The Morgan fingerprint density at radius 2 is 1.81 bits per heavy atom. The van der Waals surface area contributed by atoms with E-state index in [0.29, 0.717) is 16.3 Å². The number of furan rings is 1. The van der Waals surface area contributed by atoms with Crippen molar-refractivity contribution in [3.63, 3.8) is 0 Å². The van der Waals surface area contributed by atoms with Crippen molar-refractivity contribution in [2.45, 2.75) is 13.1 Å². The van der Waals surface area contributed by atoms with Crippen LogP contribution in [-0.4, -0.2) is 31.6 Å². The fourth-order valence-electron chi connectivity index (χ4n) is 3.41. The highest BCUT2D eigenvalue weighted by Gasteiger charge is 2.35. The number of rotatable bonds is 6. The van der Waals surface area contributed by atoms with Crippen LogP contribution in [0.1, 0.15) is 16.9 Å². The molecule has 0 saturated carbocycles. The topological polar surface area (TPSA) is 76.8 Å². The maximum absolute atomic E-state index is 13.6. The molecule has 160 valence electrons. The lowest BCUT2D eigenvalue weighted by Crippen LogP contribution is -2.35. The number of nitrogens with zero attached hydrogens (tertiary/aromatic N) is 1. The van der Waals surface area contributed by atoms with Crippen molar-refractivity contribution in [1.29, 1.82) is 0 Å². The van der Waals surface area contributed by atoms with Gasteiger partial charge in [-0.15, -0.1) is 0 Å². The third-order valence-electron chi connectivity index (χ3n) is 4.82. The zero-order valence-corrected chi connectivity index (χ0v) is 18.1. The fourth-order valence-corrected chi connectivity index (χ4v) is 5.05. The van der Waals surface area contributed by atoms with E-state index in [-0.39, 0.29) is 36.1 Å². The van der Waals surface area contributed by atoms with Crippen molar-refractivity contribution in [3.05, 3.63) is 101 Å². The minimum Gasteiger partial charge on any atom is -0.486 e. The summed E-state index contributed by atoms with van der Waals surface area (Å²) in [6.45, 7) is 0.272. The van der Waals surface area contributed by atoms with E-state index in [1.807, 2.05) is 6.07 Å². The highest BCUT2D eigenvalue weighted by atomic mass is 35.5. The summed E-state index contributed by atoms with van der Waals surface area (Å²) in [5.74, 6) is -0.319. The maximum atomic E-state index is 13.6. The molecule has 4 rings (SSSR count). The van der Waals surface area contributed by atoms with Gasteiger partial charge in [0.2, 0.25) is 5.76 Å². The molecule has 0 bridgehead atoms. The summed E-state index contributed by atoms with van der Waals surface area (Å²) in [7, 11) is -3.68. The Balaban J connectivity index is 1.77. The van der Waals surface area contributed by atoms with Gasteiger partial charge in [0.05, 0.1) is 18.6 Å². The van der Waals surface area contributed by atoms with E-state index in [1.165, 1.54) is 11.2 Å². The predicted octanol–water partition coefficient (Wildman–Crippen LogP) is 4.28. The van der Waals surface area contributed by atoms with Crippen molar-refractivity contribution < 1.29 is 22.4 Å². The molecule has 1 aliphatic heterocycles. The van der Waals surface area contributed by atoms with Gasteiger partial charge in [0.15, 0.2) is 9.84 Å². The Labute approximate surface area is 185 Å². The highest BCUT2D eigenvalue weighted by molar-refractivity contribution is 8.00. The van der Waals surface area contributed by atoms with E-state index in [1.54, 1.807) is 60.7 Å². The molecule has 1 amide bonds. The summed E-state index contributed by atoms with van der Waals surface area (Å²) < 4.78 is 36.9. The van der Waals surface area contributed by atoms with Gasteiger partial charge < -0.3 is 14.1 Å². The highest BCUT2D eigenvalue weighted by Crippen LogP contribution is 2.31. The molecule has 1 aliphatic rings. The van der Waals surface area contributed by atoms with Gasteiger partial charge in [-0.25, -0.2) is 8.42 Å². The first kappa shape index (κ1) is 21.2. The molecule has 0 atom stereocenters. The minimum atomic E-state index is -3.68. The van der Waals surface area contributed by atoms with Crippen LogP contribution >= 0.6 is 11.6 Å². The van der Waals surface area contributed by atoms with Gasteiger partial charge in [0.1, 0.15) is 17.3 Å². The smallest absolute Gasteiger partial charge is 0.291 e. The number of benzene rings is 2. The van der Waals surface area contributed by atoms with Gasteiger partial charge >= 0.3 is 0 Å². The third-order valence-corrected chi connectivity index (χ3v) is 6.80. The third kappa shape index (κ3) is 4.84. The molecular weight excluding hydrogens is 438 g/mol. The Hall–Kier alpha value is -3.03. The normalized spacial score (nSPS) is 15.4. The quantitative estimate of drug-likeness (QED) is 0.552. The van der Waals surface area contributed by atoms with Crippen molar-refractivity contribution in [1.82, 2.24) is 4.90 Å². The van der Waals surface area contributed by atoms with Gasteiger partial charge in [-0.2, -0.15) is 0 Å². The molecule has 2 heterocycles. The number of carbonyl (C=O) groups excluding carboxylic acids is 1. The molecule has 1 aromatic heterocycles. The molecule has 0 saturated heterocycles. The summed E-state index contributed by atoms with van der Waals surface area (Å²) >= 11 is 6.10. The van der Waals surface area contributed by atoms with E-state index in [0.717, 1.165) is 5.56 Å². The number of ether oxygens (including phenoxy) is 1. The largest absolute Gasteiger partial charge is 0.486 e. The second-order valence-corrected chi connectivity index (χ2v) is 9.54. The molecule has 6 nitrogen and oxygen atoms in total. The SMILES string of the molecule is O=C(C1=C(c2ccccc2)S(=O)(=O)CCO1)N(Cc1cccc(Cl)c1)Cc1ccco1. The first-order chi connectivity index (χ1) is 14.9. The van der Waals surface area contributed by atoms with Crippen molar-refractivity contribution in [2.75, 3.05) is 12.4 Å². The summed E-state index contributed by atoms with van der Waals surface area (Å²) in [5, 5.41) is 0.545. The van der Waals surface area contributed by atoms with Gasteiger partial charge in [-0.1, -0.05) is 54.1 Å². The number of halogens is 1. The summed E-state index contributed by atoms with van der Waals surface area (Å²) in [5.41, 5.74) is 1.22. The molecule has 3 aromatic rings. The molecule has 0 fully saturated rings. The van der Waals surface area contributed by atoms with Crippen molar-refractivity contribution in [2.24, 2.45) is 0 Å². The molecular formula is C23H20ClNO5S. The molecule has 0 radical (unpaired) electrons. The summed E-state index contributed by atoms with van der Waals surface area (Å²) in [6, 6.07) is 19.2. The maximum Gasteiger partial charge on any atom is 0.291 e. The van der Waals surface area contributed by atoms with E-state index in [4.69, 9.17) is 20.8 Å². The number of carbonyl (C=O) groups is 1. The number of sulfone groups is 1. The molecule has 8 heteroatoms. The first-order valence-corrected chi connectivity index (χ1v) is 11.7. The van der Waals surface area contributed by atoms with Crippen LogP contribution in [0.3, 0.4) is 0 Å². The predicted molar refractivity (Wildman–Crippen MR) is 118 cm³/mol. The molecule has 2 aromatic carbocycles. The molecule has 0 unspecified atom stereocenters. The molecule has 0 spiro atoms. The zero-order chi connectivity index (χ0) is 21.8. The van der Waals surface area contributed by atoms with Gasteiger partial charge in [-0.3, -0.25) is 4.79 Å². The van der Waals surface area contributed by atoms with Crippen LogP contribution in [0.5, 0.6) is 0 Å². The number of amides is 1. The van der Waals surface area contributed by atoms with Gasteiger partial charge in [0, 0.05) is 11.6 Å². The standard InChI is InChI=1S/C23H20ClNO5S/c24-19-9-4-6-17(14-19)15-25(16-20-10-5-11-29-20)23(26)21-22(18-7-2-1-3-8-18)31(27,28)13-12-30-21/h1-11,14H,12-13,15-16H2. The Bertz CT molecular complexity index is 1200. The summed E-state index contributed by atoms with van der Waals surface area (Å²) in [4.78, 5) is 15.0. The van der Waals surface area contributed by atoms with Gasteiger partial charge in [-0.05, 0) is 35.4 Å². The Morgan fingerprint density at radius 1 is 1.00 bits per heavy atom.